The van der Waals surface area contributed by atoms with Crippen molar-refractivity contribution < 1.29 is 28.3 Å². The van der Waals surface area contributed by atoms with Gasteiger partial charge in [-0.3, -0.25) is 10.0 Å². The first-order valence-electron chi connectivity index (χ1n) is 12.8. The Hall–Kier alpha value is -4.25. The molecule has 0 bridgehead atoms. The number of benzene rings is 3. The molecular weight excluding hydrogens is 530 g/mol. The Balaban J connectivity index is 1.51. The Labute approximate surface area is 232 Å². The van der Waals surface area contributed by atoms with Crippen molar-refractivity contribution in [2.24, 2.45) is 7.05 Å². The second kappa shape index (κ2) is 11.1. The van der Waals surface area contributed by atoms with E-state index in [0.717, 1.165) is 33.2 Å². The monoisotopic (exact) mass is 559 g/mol. The first kappa shape index (κ1) is 27.3. The van der Waals surface area contributed by atoms with Gasteiger partial charge in [0.1, 0.15) is 0 Å². The van der Waals surface area contributed by atoms with Crippen LogP contribution in [0, 0.1) is 0 Å². The molecule has 5 rings (SSSR count). The standard InChI is InChI=1S/C30H29N3O6S/c1-32-19-23(25-4-2-3-5-27(25)32)16-17-33(40(38,39)24-11-8-21(9-12-24)30(35)36)28-14-10-22-18-20(6-13-26(22)28)7-15-29(34)31-37/h2-9,11-13,15,18-19,28,37H,10,14,16-17H2,1H3,(H,31,34)(H,35,36). The molecule has 3 aromatic carbocycles. The van der Waals surface area contributed by atoms with E-state index in [1.54, 1.807) is 11.6 Å². The van der Waals surface area contributed by atoms with Gasteiger partial charge in [-0.2, -0.15) is 4.31 Å². The summed E-state index contributed by atoms with van der Waals surface area (Å²) in [6, 6.07) is 18.5. The number of aromatic carboxylic acids is 1. The van der Waals surface area contributed by atoms with Gasteiger partial charge in [0.25, 0.3) is 5.91 Å². The molecule has 9 nitrogen and oxygen atoms in total. The van der Waals surface area contributed by atoms with Crippen LogP contribution in [0.4, 0.5) is 0 Å². The summed E-state index contributed by atoms with van der Waals surface area (Å²) in [5.74, 6) is -1.76. The molecule has 0 radical (unpaired) electrons. The van der Waals surface area contributed by atoms with Gasteiger partial charge in [0.15, 0.2) is 0 Å². The normalized spacial score (nSPS) is 15.1. The number of nitrogens with zero attached hydrogens (tertiary/aromatic N) is 2. The molecule has 0 fully saturated rings. The van der Waals surface area contributed by atoms with E-state index in [-0.39, 0.29) is 17.0 Å². The van der Waals surface area contributed by atoms with Gasteiger partial charge in [-0.05, 0) is 77.9 Å². The van der Waals surface area contributed by atoms with E-state index in [1.165, 1.54) is 34.6 Å². The maximum absolute atomic E-state index is 14.1. The number of sulfonamides is 1. The minimum Gasteiger partial charge on any atom is -0.478 e. The van der Waals surface area contributed by atoms with Gasteiger partial charge in [-0.25, -0.2) is 18.7 Å². The van der Waals surface area contributed by atoms with Gasteiger partial charge in [-0.15, -0.1) is 0 Å². The second-order valence-corrected chi connectivity index (χ2v) is 11.7. The number of fused-ring (bicyclic) bond motifs is 2. The molecule has 206 valence electrons. The molecule has 1 atom stereocenters. The van der Waals surface area contributed by atoms with Crippen molar-refractivity contribution in [3.63, 3.8) is 0 Å². The number of hydroxylamine groups is 1. The van der Waals surface area contributed by atoms with Crippen molar-refractivity contribution in [1.29, 1.82) is 0 Å². The largest absolute Gasteiger partial charge is 0.478 e. The van der Waals surface area contributed by atoms with Crippen molar-refractivity contribution in [1.82, 2.24) is 14.4 Å². The first-order chi connectivity index (χ1) is 19.2. The summed E-state index contributed by atoms with van der Waals surface area (Å²) in [4.78, 5) is 22.8. The van der Waals surface area contributed by atoms with Crippen LogP contribution in [-0.2, 0) is 34.7 Å². The Morgan fingerprint density at radius 2 is 1.85 bits per heavy atom. The van der Waals surface area contributed by atoms with E-state index in [0.29, 0.717) is 19.3 Å². The molecule has 4 aromatic rings. The van der Waals surface area contributed by atoms with Crippen LogP contribution in [0.15, 0.2) is 83.9 Å². The SMILES string of the molecule is Cn1cc(CCN(C2CCc3cc(C=CC(=O)NO)ccc32)S(=O)(=O)c2ccc(C(=O)O)cc2)c2ccccc21. The van der Waals surface area contributed by atoms with Crippen LogP contribution in [0.25, 0.3) is 17.0 Å². The minimum atomic E-state index is -3.98. The Kier molecular flexibility index (Phi) is 7.57. The predicted octanol–water partition coefficient (Wildman–Crippen LogP) is 4.32. The topological polar surface area (TPSA) is 129 Å². The zero-order chi connectivity index (χ0) is 28.4. The molecular formula is C30H29N3O6S. The molecule has 0 aliphatic heterocycles. The molecule has 1 amide bonds. The molecule has 1 aliphatic carbocycles. The highest BCUT2D eigenvalue weighted by molar-refractivity contribution is 7.89. The van der Waals surface area contributed by atoms with E-state index in [1.807, 2.05) is 60.3 Å². The predicted molar refractivity (Wildman–Crippen MR) is 150 cm³/mol. The maximum Gasteiger partial charge on any atom is 0.335 e. The average molecular weight is 560 g/mol. The lowest BCUT2D eigenvalue weighted by Gasteiger charge is -2.29. The molecule has 0 spiro atoms. The number of para-hydroxylation sites is 1. The van der Waals surface area contributed by atoms with E-state index in [4.69, 9.17) is 5.21 Å². The summed E-state index contributed by atoms with van der Waals surface area (Å²) >= 11 is 0. The molecule has 40 heavy (non-hydrogen) atoms. The zero-order valence-electron chi connectivity index (χ0n) is 21.8. The van der Waals surface area contributed by atoms with Gasteiger partial charge >= 0.3 is 5.97 Å². The third kappa shape index (κ3) is 5.29. The number of nitrogens with one attached hydrogen (secondary N) is 1. The zero-order valence-corrected chi connectivity index (χ0v) is 22.6. The lowest BCUT2D eigenvalue weighted by molar-refractivity contribution is -0.124. The van der Waals surface area contributed by atoms with Crippen molar-refractivity contribution in [3.05, 3.63) is 107 Å². The highest BCUT2D eigenvalue weighted by Crippen LogP contribution is 2.39. The highest BCUT2D eigenvalue weighted by atomic mass is 32.2. The van der Waals surface area contributed by atoms with Crippen LogP contribution in [-0.4, -0.2) is 46.0 Å². The summed E-state index contributed by atoms with van der Waals surface area (Å²) in [6.45, 7) is 0.236. The Morgan fingerprint density at radius 3 is 2.58 bits per heavy atom. The molecule has 1 aliphatic rings. The molecule has 0 saturated heterocycles. The van der Waals surface area contributed by atoms with E-state index in [9.17, 15) is 23.1 Å². The van der Waals surface area contributed by atoms with Crippen molar-refractivity contribution in [2.75, 3.05) is 6.54 Å². The number of amides is 1. The number of aromatic nitrogens is 1. The Bertz CT molecular complexity index is 1720. The summed E-state index contributed by atoms with van der Waals surface area (Å²) in [5.41, 5.74) is 6.33. The van der Waals surface area contributed by atoms with Crippen LogP contribution < -0.4 is 5.48 Å². The fraction of sp³-hybridized carbons (Fsp3) is 0.200. The van der Waals surface area contributed by atoms with E-state index in [2.05, 4.69) is 0 Å². The molecule has 1 heterocycles. The first-order valence-corrected chi connectivity index (χ1v) is 14.3. The summed E-state index contributed by atoms with van der Waals surface area (Å²) in [5, 5.41) is 19.1. The number of aryl methyl sites for hydroxylation is 2. The smallest absolute Gasteiger partial charge is 0.335 e. The Morgan fingerprint density at radius 1 is 1.10 bits per heavy atom. The number of carbonyl (C=O) groups is 2. The molecule has 3 N–H and O–H groups in total. The van der Waals surface area contributed by atoms with Crippen LogP contribution >= 0.6 is 0 Å². The highest BCUT2D eigenvalue weighted by Gasteiger charge is 2.36. The number of carbonyl (C=O) groups excluding carboxylic acids is 1. The van der Waals surface area contributed by atoms with Crippen LogP contribution in [0.1, 0.15) is 45.1 Å². The molecule has 1 aromatic heterocycles. The number of hydrogen-bond acceptors (Lipinski definition) is 5. The van der Waals surface area contributed by atoms with Crippen LogP contribution in [0.2, 0.25) is 0 Å². The third-order valence-electron chi connectivity index (χ3n) is 7.39. The second-order valence-electron chi connectivity index (χ2n) is 9.80. The van der Waals surface area contributed by atoms with E-state index < -0.39 is 27.9 Å². The fourth-order valence-corrected chi connectivity index (χ4v) is 7.07. The van der Waals surface area contributed by atoms with Crippen molar-refractivity contribution in [2.45, 2.75) is 30.2 Å². The fourth-order valence-electron chi connectivity index (χ4n) is 5.43. The van der Waals surface area contributed by atoms with E-state index >= 15 is 0 Å². The van der Waals surface area contributed by atoms with Gasteiger partial charge < -0.3 is 9.67 Å². The third-order valence-corrected chi connectivity index (χ3v) is 9.31. The quantitative estimate of drug-likeness (QED) is 0.159. The molecule has 1 unspecified atom stereocenters. The van der Waals surface area contributed by atoms with Crippen molar-refractivity contribution >= 4 is 38.9 Å². The van der Waals surface area contributed by atoms with Gasteiger partial charge in [-0.1, -0.05) is 36.4 Å². The maximum atomic E-state index is 14.1. The van der Waals surface area contributed by atoms with Gasteiger partial charge in [0, 0.05) is 36.8 Å². The van der Waals surface area contributed by atoms with Gasteiger partial charge in [0.2, 0.25) is 10.0 Å². The average Bonchev–Trinajstić information content (AvgIpc) is 3.52. The van der Waals surface area contributed by atoms with Crippen molar-refractivity contribution in [3.8, 4) is 0 Å². The van der Waals surface area contributed by atoms with Gasteiger partial charge in [0.05, 0.1) is 16.5 Å². The lowest BCUT2D eigenvalue weighted by Crippen LogP contribution is -2.35. The summed E-state index contributed by atoms with van der Waals surface area (Å²) in [6.07, 6.45) is 6.57. The lowest BCUT2D eigenvalue weighted by atomic mass is 10.0. The molecule has 0 saturated carbocycles. The summed E-state index contributed by atoms with van der Waals surface area (Å²) < 4.78 is 31.7. The summed E-state index contributed by atoms with van der Waals surface area (Å²) in [7, 11) is -2.02. The molecule has 10 heteroatoms. The van der Waals surface area contributed by atoms with Crippen LogP contribution in [0.3, 0.4) is 0 Å². The number of rotatable bonds is 9. The van der Waals surface area contributed by atoms with Crippen LogP contribution in [0.5, 0.6) is 0 Å². The minimum absolute atomic E-state index is 0.0166. The number of carboxylic acids is 1. The number of carboxylic acid groups (broad SMARTS) is 1. The number of hydrogen-bond donors (Lipinski definition) is 3.